The number of nitrogens with zero attached hydrogens (tertiary/aromatic N) is 1. The van der Waals surface area contributed by atoms with Crippen molar-refractivity contribution in [1.29, 1.82) is 0 Å². The molecule has 0 aliphatic carbocycles. The van der Waals surface area contributed by atoms with E-state index in [1.807, 2.05) is 0 Å². The average Bonchev–Trinajstić information content (AvgIpc) is 2.42. The molecule has 110 valence electrons. The smallest absolute Gasteiger partial charge is 0.283 e. The van der Waals surface area contributed by atoms with E-state index >= 15 is 0 Å². The Morgan fingerprint density at radius 3 is 2.85 bits per heavy atom. The quantitative estimate of drug-likeness (QED) is 0.347. The minimum Gasteiger partial charge on any atom is -0.352 e. The van der Waals surface area contributed by atoms with E-state index in [2.05, 4.69) is 28.2 Å². The molecule has 1 amide bonds. The lowest BCUT2D eigenvalue weighted by atomic mass is 10.1. The normalized spacial score (nSPS) is 11.9. The maximum Gasteiger partial charge on any atom is 0.283 e. The van der Waals surface area contributed by atoms with Crippen LogP contribution < -0.4 is 5.32 Å². The lowest BCUT2D eigenvalue weighted by Crippen LogP contribution is -2.26. The van der Waals surface area contributed by atoms with Crippen LogP contribution in [0.4, 0.5) is 5.69 Å². The highest BCUT2D eigenvalue weighted by Crippen LogP contribution is 2.25. The molecule has 0 aromatic heterocycles. The first-order valence-electron chi connectivity index (χ1n) is 6.24. The number of amides is 1. The van der Waals surface area contributed by atoms with E-state index in [4.69, 9.17) is 11.6 Å². The highest BCUT2D eigenvalue weighted by Gasteiger charge is 2.22. The minimum atomic E-state index is -0.603. The van der Waals surface area contributed by atoms with E-state index in [0.717, 1.165) is 18.2 Å². The van der Waals surface area contributed by atoms with Crippen LogP contribution in [0.1, 0.15) is 30.1 Å². The van der Waals surface area contributed by atoms with Crippen molar-refractivity contribution in [2.45, 2.75) is 19.8 Å². The van der Waals surface area contributed by atoms with Crippen LogP contribution in [0.2, 0.25) is 5.02 Å². The van der Waals surface area contributed by atoms with Gasteiger partial charge in [0.05, 0.1) is 9.95 Å². The fourth-order valence-corrected chi connectivity index (χ4v) is 2.29. The molecule has 0 radical (unpaired) electrons. The number of rotatable bonds is 7. The summed E-state index contributed by atoms with van der Waals surface area (Å²) in [5.41, 5.74) is -0.350. The predicted molar refractivity (Wildman–Crippen MR) is 82.6 cm³/mol. The summed E-state index contributed by atoms with van der Waals surface area (Å²) in [6.07, 6.45) is 1.78. The second-order valence-corrected chi connectivity index (χ2v) is 5.60. The molecular formula is C13H16BrClN2O3. The van der Waals surface area contributed by atoms with Crippen LogP contribution in [-0.4, -0.2) is 22.7 Å². The van der Waals surface area contributed by atoms with Gasteiger partial charge < -0.3 is 5.32 Å². The first kappa shape index (κ1) is 16.9. The van der Waals surface area contributed by atoms with Gasteiger partial charge in [-0.15, -0.1) is 0 Å². The number of hydrogen-bond donors (Lipinski definition) is 1. The summed E-state index contributed by atoms with van der Waals surface area (Å²) in [4.78, 5) is 22.3. The molecule has 0 saturated heterocycles. The SMILES string of the molecule is CC(CBr)CCCNC(=O)c1c(Cl)cccc1[N+](=O)[O-]. The van der Waals surface area contributed by atoms with Gasteiger partial charge in [0.15, 0.2) is 0 Å². The largest absolute Gasteiger partial charge is 0.352 e. The monoisotopic (exact) mass is 362 g/mol. The Hall–Kier alpha value is -1.14. The van der Waals surface area contributed by atoms with Gasteiger partial charge in [0.2, 0.25) is 0 Å². The number of alkyl halides is 1. The van der Waals surface area contributed by atoms with Crippen LogP contribution in [0.5, 0.6) is 0 Å². The van der Waals surface area contributed by atoms with Gasteiger partial charge in [0.1, 0.15) is 5.56 Å². The van der Waals surface area contributed by atoms with Crippen molar-refractivity contribution in [3.05, 3.63) is 38.9 Å². The molecule has 1 aromatic carbocycles. The lowest BCUT2D eigenvalue weighted by molar-refractivity contribution is -0.385. The van der Waals surface area contributed by atoms with Gasteiger partial charge in [0, 0.05) is 17.9 Å². The third-order valence-corrected chi connectivity index (χ3v) is 4.26. The predicted octanol–water partition coefficient (Wildman–Crippen LogP) is 3.79. The minimum absolute atomic E-state index is 0.0762. The van der Waals surface area contributed by atoms with Gasteiger partial charge in [0.25, 0.3) is 11.6 Å². The number of nitrogens with one attached hydrogen (secondary N) is 1. The van der Waals surface area contributed by atoms with E-state index in [1.54, 1.807) is 0 Å². The van der Waals surface area contributed by atoms with E-state index in [1.165, 1.54) is 18.2 Å². The molecule has 1 unspecified atom stereocenters. The first-order chi connectivity index (χ1) is 9.47. The van der Waals surface area contributed by atoms with E-state index in [-0.39, 0.29) is 16.3 Å². The van der Waals surface area contributed by atoms with Crippen molar-refractivity contribution in [2.24, 2.45) is 5.92 Å². The highest BCUT2D eigenvalue weighted by molar-refractivity contribution is 9.09. The first-order valence-corrected chi connectivity index (χ1v) is 7.74. The number of benzene rings is 1. The van der Waals surface area contributed by atoms with Crippen LogP contribution >= 0.6 is 27.5 Å². The molecule has 0 spiro atoms. The zero-order chi connectivity index (χ0) is 15.1. The van der Waals surface area contributed by atoms with Crippen molar-refractivity contribution < 1.29 is 9.72 Å². The van der Waals surface area contributed by atoms with Crippen molar-refractivity contribution in [2.75, 3.05) is 11.9 Å². The molecule has 0 saturated carbocycles. The van der Waals surface area contributed by atoms with E-state index in [9.17, 15) is 14.9 Å². The van der Waals surface area contributed by atoms with Crippen LogP contribution in [0.15, 0.2) is 18.2 Å². The Kier molecular flexibility index (Phi) is 6.95. The molecule has 20 heavy (non-hydrogen) atoms. The maximum atomic E-state index is 12.0. The summed E-state index contributed by atoms with van der Waals surface area (Å²) in [5, 5.41) is 14.6. The second kappa shape index (κ2) is 8.21. The number of nitro groups is 1. The topological polar surface area (TPSA) is 72.2 Å². The standard InChI is InChI=1S/C13H16BrClN2O3/c1-9(8-14)4-3-7-16-13(18)12-10(15)5-2-6-11(12)17(19)20/h2,5-6,9H,3-4,7-8H2,1H3,(H,16,18). The van der Waals surface area contributed by atoms with E-state index in [0.29, 0.717) is 12.5 Å². The zero-order valence-corrected chi connectivity index (χ0v) is 13.4. The fraction of sp³-hybridized carbons (Fsp3) is 0.462. The Morgan fingerprint density at radius 2 is 2.25 bits per heavy atom. The van der Waals surface area contributed by atoms with Crippen molar-refractivity contribution >= 4 is 39.1 Å². The van der Waals surface area contributed by atoms with Gasteiger partial charge in [-0.2, -0.15) is 0 Å². The van der Waals surface area contributed by atoms with Crippen LogP contribution in [-0.2, 0) is 0 Å². The molecule has 1 rings (SSSR count). The molecule has 0 bridgehead atoms. The van der Waals surface area contributed by atoms with Gasteiger partial charge in [-0.05, 0) is 24.8 Å². The molecule has 0 fully saturated rings. The molecule has 7 heteroatoms. The van der Waals surface area contributed by atoms with Crippen LogP contribution in [0.3, 0.4) is 0 Å². The van der Waals surface area contributed by atoms with E-state index < -0.39 is 10.8 Å². The average molecular weight is 364 g/mol. The lowest BCUT2D eigenvalue weighted by Gasteiger charge is -2.09. The molecule has 1 aromatic rings. The number of halogens is 2. The van der Waals surface area contributed by atoms with Crippen LogP contribution in [0.25, 0.3) is 0 Å². The number of carbonyl (C=O) groups excluding carboxylic acids is 1. The number of nitro benzene ring substituents is 1. The Bertz CT molecular complexity index is 497. The second-order valence-electron chi connectivity index (χ2n) is 4.55. The summed E-state index contributed by atoms with van der Waals surface area (Å²) >= 11 is 9.27. The maximum absolute atomic E-state index is 12.0. The summed E-state index contributed by atoms with van der Waals surface area (Å²) in [6, 6.07) is 4.19. The van der Waals surface area contributed by atoms with Crippen molar-refractivity contribution in [1.82, 2.24) is 5.32 Å². The third-order valence-electron chi connectivity index (χ3n) is 2.84. The highest BCUT2D eigenvalue weighted by atomic mass is 79.9. The fourth-order valence-electron chi connectivity index (χ4n) is 1.71. The molecule has 1 N–H and O–H groups in total. The summed E-state index contributed by atoms with van der Waals surface area (Å²) < 4.78 is 0. The Morgan fingerprint density at radius 1 is 1.55 bits per heavy atom. The zero-order valence-electron chi connectivity index (χ0n) is 11.1. The number of hydrogen-bond acceptors (Lipinski definition) is 3. The van der Waals surface area contributed by atoms with Gasteiger partial charge in [-0.25, -0.2) is 0 Å². The number of carbonyl (C=O) groups is 1. The molecule has 0 aliphatic rings. The third kappa shape index (κ3) is 4.76. The molecular weight excluding hydrogens is 348 g/mol. The van der Waals surface area contributed by atoms with Gasteiger partial charge >= 0.3 is 0 Å². The summed E-state index contributed by atoms with van der Waals surface area (Å²) in [7, 11) is 0. The van der Waals surface area contributed by atoms with Crippen molar-refractivity contribution in [3.63, 3.8) is 0 Å². The summed E-state index contributed by atoms with van der Waals surface area (Å²) in [5.74, 6) is 0.0235. The summed E-state index contributed by atoms with van der Waals surface area (Å²) in [6.45, 7) is 2.58. The van der Waals surface area contributed by atoms with Gasteiger partial charge in [-0.3, -0.25) is 14.9 Å². The molecule has 0 heterocycles. The van der Waals surface area contributed by atoms with Crippen molar-refractivity contribution in [3.8, 4) is 0 Å². The molecule has 5 nitrogen and oxygen atoms in total. The molecule has 0 aliphatic heterocycles. The molecule has 1 atom stereocenters. The van der Waals surface area contributed by atoms with Crippen LogP contribution in [0, 0.1) is 16.0 Å². The van der Waals surface area contributed by atoms with Gasteiger partial charge in [-0.1, -0.05) is 40.5 Å². The Balaban J connectivity index is 2.66. The Labute approximate surface area is 131 Å².